The van der Waals surface area contributed by atoms with Crippen LogP contribution in [0.5, 0.6) is 0 Å². The van der Waals surface area contributed by atoms with Gasteiger partial charge in [-0.25, -0.2) is 4.39 Å². The van der Waals surface area contributed by atoms with E-state index in [1.54, 1.807) is 19.2 Å². The van der Waals surface area contributed by atoms with Crippen LogP contribution < -0.4 is 5.32 Å². The molecule has 1 saturated heterocycles. The van der Waals surface area contributed by atoms with Gasteiger partial charge in [0.05, 0.1) is 5.52 Å². The molecule has 7 heteroatoms. The number of allylic oxidation sites excluding steroid dienone is 1. The number of methoxy groups -OCH3 is 1. The Morgan fingerprint density at radius 3 is 2.78 bits per heavy atom. The summed E-state index contributed by atoms with van der Waals surface area (Å²) in [5.41, 5.74) is 2.32. The Morgan fingerprint density at radius 2 is 2.16 bits per heavy atom. The van der Waals surface area contributed by atoms with Gasteiger partial charge in [0.25, 0.3) is 5.91 Å². The molecule has 32 heavy (non-hydrogen) atoms. The molecule has 2 heterocycles. The third-order valence-corrected chi connectivity index (χ3v) is 6.04. The van der Waals surface area contributed by atoms with Crippen LogP contribution in [0.3, 0.4) is 0 Å². The molecule has 178 valence electrons. The standard InChI is InChI=1S/C25H36FN3O2.ClH/c1-5-9-22-21-12-11-19(26)16-23(21)28(14-6-7-15-31-4)24(22)25(30)29(18(2)3)20-10-8-13-27-17-20;/h5,9,11-12,16,18,20,27H,6-8,10,13-15,17H2,1-4H3;1H/b9-5+;/t20-;/m1./s1. The molecule has 0 aliphatic carbocycles. The van der Waals surface area contributed by atoms with E-state index in [4.69, 9.17) is 4.74 Å². The molecule has 1 amide bonds. The van der Waals surface area contributed by atoms with E-state index < -0.39 is 0 Å². The Balaban J connectivity index is 0.00000363. The maximum absolute atomic E-state index is 14.2. The van der Waals surface area contributed by atoms with E-state index in [9.17, 15) is 9.18 Å². The number of aryl methyl sites for hydroxylation is 1. The summed E-state index contributed by atoms with van der Waals surface area (Å²) in [5, 5.41) is 4.35. The molecule has 0 spiro atoms. The van der Waals surface area contributed by atoms with E-state index in [1.165, 1.54) is 6.07 Å². The minimum atomic E-state index is -0.286. The first-order valence-corrected chi connectivity index (χ1v) is 11.5. The Kier molecular flexibility index (Phi) is 10.2. The summed E-state index contributed by atoms with van der Waals surface area (Å²) >= 11 is 0. The van der Waals surface area contributed by atoms with Gasteiger partial charge < -0.3 is 19.5 Å². The largest absolute Gasteiger partial charge is 0.385 e. The van der Waals surface area contributed by atoms with Gasteiger partial charge in [-0.05, 0) is 71.2 Å². The number of fused-ring (bicyclic) bond motifs is 1. The summed E-state index contributed by atoms with van der Waals surface area (Å²) in [5.74, 6) is -0.258. The van der Waals surface area contributed by atoms with E-state index in [2.05, 4.69) is 19.2 Å². The first kappa shape index (κ1) is 26.4. The lowest BCUT2D eigenvalue weighted by atomic mass is 10.0. The predicted molar refractivity (Wildman–Crippen MR) is 132 cm³/mol. The summed E-state index contributed by atoms with van der Waals surface area (Å²) in [6, 6.07) is 5.06. The minimum absolute atomic E-state index is 0. The zero-order valence-corrected chi connectivity index (χ0v) is 20.5. The van der Waals surface area contributed by atoms with Crippen LogP contribution in [0.15, 0.2) is 24.3 Å². The van der Waals surface area contributed by atoms with Gasteiger partial charge in [0.1, 0.15) is 11.5 Å². The molecular formula is C25H37ClFN3O2. The van der Waals surface area contributed by atoms with E-state index >= 15 is 0 Å². The van der Waals surface area contributed by atoms with Crippen molar-refractivity contribution >= 4 is 35.3 Å². The maximum Gasteiger partial charge on any atom is 0.271 e. The molecule has 0 unspecified atom stereocenters. The van der Waals surface area contributed by atoms with Gasteiger partial charge in [-0.2, -0.15) is 0 Å². The summed E-state index contributed by atoms with van der Waals surface area (Å²) < 4.78 is 21.4. The first-order valence-electron chi connectivity index (χ1n) is 11.5. The van der Waals surface area contributed by atoms with Crippen molar-refractivity contribution in [1.82, 2.24) is 14.8 Å². The Hall–Kier alpha value is -1.89. The predicted octanol–water partition coefficient (Wildman–Crippen LogP) is 5.26. The molecule has 1 N–H and O–H groups in total. The summed E-state index contributed by atoms with van der Waals surface area (Å²) in [7, 11) is 1.69. The summed E-state index contributed by atoms with van der Waals surface area (Å²) in [4.78, 5) is 16.1. The van der Waals surface area contributed by atoms with Crippen LogP contribution in [0.4, 0.5) is 4.39 Å². The van der Waals surface area contributed by atoms with Crippen molar-refractivity contribution in [2.45, 2.75) is 65.1 Å². The number of nitrogens with zero attached hydrogens (tertiary/aromatic N) is 2. The average Bonchev–Trinajstić information content (AvgIpc) is 3.04. The lowest BCUT2D eigenvalue weighted by molar-refractivity contribution is 0.0562. The van der Waals surface area contributed by atoms with Crippen molar-refractivity contribution in [2.75, 3.05) is 26.8 Å². The van der Waals surface area contributed by atoms with Crippen LogP contribution >= 0.6 is 12.4 Å². The number of hydrogen-bond acceptors (Lipinski definition) is 3. The van der Waals surface area contributed by atoms with Crippen molar-refractivity contribution < 1.29 is 13.9 Å². The monoisotopic (exact) mass is 465 g/mol. The number of halogens is 2. The number of hydrogen-bond donors (Lipinski definition) is 1. The molecule has 1 aromatic heterocycles. The molecule has 1 aliphatic rings. The fourth-order valence-electron chi connectivity index (χ4n) is 4.68. The Labute approximate surface area is 197 Å². The third-order valence-electron chi connectivity index (χ3n) is 6.04. The van der Waals surface area contributed by atoms with Crippen molar-refractivity contribution in [1.29, 1.82) is 0 Å². The molecule has 5 nitrogen and oxygen atoms in total. The van der Waals surface area contributed by atoms with Crippen molar-refractivity contribution in [3.05, 3.63) is 41.3 Å². The minimum Gasteiger partial charge on any atom is -0.385 e. The molecular weight excluding hydrogens is 429 g/mol. The van der Waals surface area contributed by atoms with E-state index in [-0.39, 0.29) is 36.2 Å². The number of ether oxygens (including phenoxy) is 1. The quantitative estimate of drug-likeness (QED) is 0.513. The molecule has 0 radical (unpaired) electrons. The Bertz CT molecular complexity index is 920. The molecule has 3 rings (SSSR count). The van der Waals surface area contributed by atoms with Gasteiger partial charge in [-0.15, -0.1) is 12.4 Å². The zero-order chi connectivity index (χ0) is 22.4. The molecule has 0 saturated carbocycles. The second kappa shape index (κ2) is 12.4. The van der Waals surface area contributed by atoms with Gasteiger partial charge in [0, 0.05) is 49.8 Å². The second-order valence-corrected chi connectivity index (χ2v) is 8.58. The maximum atomic E-state index is 14.2. The number of benzene rings is 1. The topological polar surface area (TPSA) is 46.5 Å². The number of amides is 1. The van der Waals surface area contributed by atoms with Crippen LogP contribution in [-0.4, -0.2) is 54.3 Å². The van der Waals surface area contributed by atoms with Crippen molar-refractivity contribution in [3.8, 4) is 0 Å². The molecule has 1 fully saturated rings. The highest BCUT2D eigenvalue weighted by Crippen LogP contribution is 2.31. The van der Waals surface area contributed by atoms with Crippen LogP contribution in [0.2, 0.25) is 0 Å². The van der Waals surface area contributed by atoms with E-state index in [1.807, 2.05) is 28.5 Å². The van der Waals surface area contributed by atoms with Gasteiger partial charge in [-0.3, -0.25) is 4.79 Å². The van der Waals surface area contributed by atoms with Crippen molar-refractivity contribution in [3.63, 3.8) is 0 Å². The van der Waals surface area contributed by atoms with Gasteiger partial charge >= 0.3 is 0 Å². The lowest BCUT2D eigenvalue weighted by Crippen LogP contribution is -2.52. The van der Waals surface area contributed by atoms with Gasteiger partial charge in [0.2, 0.25) is 0 Å². The fourth-order valence-corrected chi connectivity index (χ4v) is 4.68. The van der Waals surface area contributed by atoms with Crippen LogP contribution in [-0.2, 0) is 11.3 Å². The number of aromatic nitrogens is 1. The van der Waals surface area contributed by atoms with Crippen LogP contribution in [0.1, 0.15) is 62.5 Å². The summed E-state index contributed by atoms with van der Waals surface area (Å²) in [6.45, 7) is 9.23. The number of piperidine rings is 1. The first-order chi connectivity index (χ1) is 15.0. The van der Waals surface area contributed by atoms with Gasteiger partial charge in [0.15, 0.2) is 0 Å². The second-order valence-electron chi connectivity index (χ2n) is 8.58. The highest BCUT2D eigenvalue weighted by molar-refractivity contribution is 6.05. The normalized spacial score (nSPS) is 16.6. The van der Waals surface area contributed by atoms with Crippen molar-refractivity contribution in [2.24, 2.45) is 0 Å². The third kappa shape index (κ3) is 5.72. The fraction of sp³-hybridized carbons (Fsp3) is 0.560. The molecule has 1 aliphatic heterocycles. The van der Waals surface area contributed by atoms with Crippen LogP contribution in [0.25, 0.3) is 17.0 Å². The lowest BCUT2D eigenvalue weighted by Gasteiger charge is -2.38. The van der Waals surface area contributed by atoms with Gasteiger partial charge in [-0.1, -0.05) is 12.2 Å². The number of nitrogens with one attached hydrogen (secondary N) is 1. The van der Waals surface area contributed by atoms with E-state index in [0.717, 1.165) is 55.2 Å². The summed E-state index contributed by atoms with van der Waals surface area (Å²) in [6.07, 6.45) is 7.74. The number of carbonyl (C=O) groups excluding carboxylic acids is 1. The SMILES string of the molecule is C/C=C/c1c(C(=O)N(C(C)C)[C@@H]2CCCNC2)n(CCCCOC)c2cc(F)ccc12.Cl. The smallest absolute Gasteiger partial charge is 0.271 e. The highest BCUT2D eigenvalue weighted by Gasteiger charge is 2.32. The highest BCUT2D eigenvalue weighted by atomic mass is 35.5. The average molecular weight is 466 g/mol. The molecule has 0 bridgehead atoms. The Morgan fingerprint density at radius 1 is 1.38 bits per heavy atom. The molecule has 1 atom stereocenters. The number of unbranched alkanes of at least 4 members (excludes halogenated alkanes) is 1. The van der Waals surface area contributed by atoms with Crippen LogP contribution in [0, 0.1) is 5.82 Å². The number of carbonyl (C=O) groups is 1. The molecule has 2 aromatic rings. The number of rotatable bonds is 9. The molecule has 1 aromatic carbocycles. The van der Waals surface area contributed by atoms with E-state index in [0.29, 0.717) is 18.8 Å². The zero-order valence-electron chi connectivity index (χ0n) is 19.7.